The molecule has 2 heteroatoms. The Morgan fingerprint density at radius 3 is 2.36 bits per heavy atom. The van der Waals surface area contributed by atoms with Gasteiger partial charge in [-0.25, -0.2) is 0 Å². The van der Waals surface area contributed by atoms with Gasteiger partial charge in [0.2, 0.25) is 0 Å². The number of likely N-dealkylation sites (N-methyl/N-ethyl adjacent to an activating group) is 1. The van der Waals surface area contributed by atoms with E-state index in [-0.39, 0.29) is 0 Å². The molecule has 0 saturated heterocycles. The molecule has 1 aliphatic rings. The number of hydrogen-bond donors (Lipinski definition) is 1. The van der Waals surface area contributed by atoms with Gasteiger partial charge in [-0.15, -0.1) is 0 Å². The predicted octanol–water partition coefficient (Wildman–Crippen LogP) is 2.58. The Balaban J connectivity index is 2.51. The fraction of sp³-hybridized carbons (Fsp3) is 1.00. The Bertz CT molecular complexity index is 137. The summed E-state index contributed by atoms with van der Waals surface area (Å²) in [6, 6.07) is 0.581. The van der Waals surface area contributed by atoms with Crippen LogP contribution in [0.15, 0.2) is 0 Å². The molecular formula is C12H25NO. The minimum absolute atomic E-state index is 0.401. The SMILES string of the molecule is CCNC(C1CCCC1)C(CC)OC. The molecule has 2 unspecified atom stereocenters. The number of hydrogen-bond acceptors (Lipinski definition) is 2. The van der Waals surface area contributed by atoms with Gasteiger partial charge in [0, 0.05) is 13.2 Å². The van der Waals surface area contributed by atoms with Crippen LogP contribution in [0.5, 0.6) is 0 Å². The summed E-state index contributed by atoms with van der Waals surface area (Å²) in [6.07, 6.45) is 7.11. The minimum atomic E-state index is 0.401. The molecule has 1 rings (SSSR count). The van der Waals surface area contributed by atoms with Crippen LogP contribution >= 0.6 is 0 Å². The van der Waals surface area contributed by atoms with Crippen LogP contribution in [0.25, 0.3) is 0 Å². The Morgan fingerprint density at radius 1 is 1.29 bits per heavy atom. The average Bonchev–Trinajstić information content (AvgIpc) is 2.71. The van der Waals surface area contributed by atoms with Crippen molar-refractivity contribution in [3.63, 3.8) is 0 Å². The molecule has 1 N–H and O–H groups in total. The van der Waals surface area contributed by atoms with E-state index in [0.717, 1.165) is 18.9 Å². The van der Waals surface area contributed by atoms with E-state index >= 15 is 0 Å². The van der Waals surface area contributed by atoms with Crippen LogP contribution < -0.4 is 5.32 Å². The molecule has 0 heterocycles. The first-order valence-electron chi connectivity index (χ1n) is 6.09. The first-order valence-corrected chi connectivity index (χ1v) is 6.09. The van der Waals surface area contributed by atoms with E-state index in [9.17, 15) is 0 Å². The largest absolute Gasteiger partial charge is 0.380 e. The van der Waals surface area contributed by atoms with E-state index in [4.69, 9.17) is 4.74 Å². The van der Waals surface area contributed by atoms with Gasteiger partial charge in [-0.3, -0.25) is 0 Å². The molecule has 1 aliphatic carbocycles. The van der Waals surface area contributed by atoms with Crippen molar-refractivity contribution in [3.05, 3.63) is 0 Å². The summed E-state index contributed by atoms with van der Waals surface area (Å²) in [6.45, 7) is 5.46. The van der Waals surface area contributed by atoms with Gasteiger partial charge in [0.15, 0.2) is 0 Å². The normalized spacial score (nSPS) is 22.5. The lowest BCUT2D eigenvalue weighted by atomic mass is 9.92. The van der Waals surface area contributed by atoms with Gasteiger partial charge in [-0.05, 0) is 31.7 Å². The Kier molecular flexibility index (Phi) is 5.49. The zero-order valence-corrected chi connectivity index (χ0v) is 9.88. The van der Waals surface area contributed by atoms with Crippen molar-refractivity contribution in [2.75, 3.05) is 13.7 Å². The first kappa shape index (κ1) is 12.0. The predicted molar refractivity (Wildman–Crippen MR) is 60.5 cm³/mol. The first-order chi connectivity index (χ1) is 6.83. The van der Waals surface area contributed by atoms with Crippen molar-refractivity contribution < 1.29 is 4.74 Å². The molecule has 2 nitrogen and oxygen atoms in total. The zero-order valence-electron chi connectivity index (χ0n) is 9.88. The van der Waals surface area contributed by atoms with Crippen molar-refractivity contribution in [3.8, 4) is 0 Å². The molecule has 84 valence electrons. The lowest BCUT2D eigenvalue weighted by molar-refractivity contribution is 0.0459. The molecule has 1 saturated carbocycles. The van der Waals surface area contributed by atoms with Crippen LogP contribution in [-0.2, 0) is 4.74 Å². The van der Waals surface area contributed by atoms with Gasteiger partial charge in [-0.1, -0.05) is 26.7 Å². The summed E-state index contributed by atoms with van der Waals surface area (Å²) >= 11 is 0. The molecule has 0 aromatic rings. The summed E-state index contributed by atoms with van der Waals surface area (Å²) in [7, 11) is 1.84. The van der Waals surface area contributed by atoms with Crippen LogP contribution in [0, 0.1) is 5.92 Å². The van der Waals surface area contributed by atoms with Gasteiger partial charge in [0.05, 0.1) is 6.10 Å². The van der Waals surface area contributed by atoms with Gasteiger partial charge < -0.3 is 10.1 Å². The maximum absolute atomic E-state index is 5.56. The van der Waals surface area contributed by atoms with E-state index in [1.165, 1.54) is 25.7 Å². The van der Waals surface area contributed by atoms with Crippen LogP contribution in [0.4, 0.5) is 0 Å². The standard InChI is InChI=1S/C12H25NO/c1-4-11(14-3)12(13-5-2)10-8-6-7-9-10/h10-13H,4-9H2,1-3H3. The molecule has 0 aromatic heterocycles. The molecule has 2 atom stereocenters. The monoisotopic (exact) mass is 199 g/mol. The molecule has 0 aromatic carbocycles. The van der Waals surface area contributed by atoms with Gasteiger partial charge in [0.25, 0.3) is 0 Å². The molecule has 0 aliphatic heterocycles. The third-order valence-corrected chi connectivity index (χ3v) is 3.45. The molecule has 0 spiro atoms. The number of methoxy groups -OCH3 is 1. The number of rotatable bonds is 6. The lowest BCUT2D eigenvalue weighted by Gasteiger charge is -2.30. The van der Waals surface area contributed by atoms with Gasteiger partial charge in [-0.2, -0.15) is 0 Å². The van der Waals surface area contributed by atoms with Crippen molar-refractivity contribution in [1.29, 1.82) is 0 Å². The van der Waals surface area contributed by atoms with E-state index in [2.05, 4.69) is 19.2 Å². The highest BCUT2D eigenvalue weighted by molar-refractivity contribution is 4.85. The fourth-order valence-electron chi connectivity index (χ4n) is 2.72. The van der Waals surface area contributed by atoms with Crippen LogP contribution in [0.3, 0.4) is 0 Å². The summed E-state index contributed by atoms with van der Waals surface area (Å²) in [5.74, 6) is 0.847. The van der Waals surface area contributed by atoms with Crippen molar-refractivity contribution in [2.45, 2.75) is 58.1 Å². The second-order valence-corrected chi connectivity index (χ2v) is 4.31. The second kappa shape index (κ2) is 6.41. The maximum Gasteiger partial charge on any atom is 0.0724 e. The van der Waals surface area contributed by atoms with E-state index in [1.54, 1.807) is 0 Å². The maximum atomic E-state index is 5.56. The zero-order chi connectivity index (χ0) is 10.4. The minimum Gasteiger partial charge on any atom is -0.380 e. The average molecular weight is 199 g/mol. The van der Waals surface area contributed by atoms with Gasteiger partial charge in [0.1, 0.15) is 0 Å². The van der Waals surface area contributed by atoms with E-state index in [0.29, 0.717) is 12.1 Å². The fourth-order valence-corrected chi connectivity index (χ4v) is 2.72. The summed E-state index contributed by atoms with van der Waals surface area (Å²) in [4.78, 5) is 0. The van der Waals surface area contributed by atoms with Crippen molar-refractivity contribution in [2.24, 2.45) is 5.92 Å². The summed E-state index contributed by atoms with van der Waals surface area (Å²) < 4.78 is 5.56. The molecule has 14 heavy (non-hydrogen) atoms. The molecular weight excluding hydrogens is 174 g/mol. The van der Waals surface area contributed by atoms with Crippen molar-refractivity contribution in [1.82, 2.24) is 5.32 Å². The smallest absolute Gasteiger partial charge is 0.0724 e. The van der Waals surface area contributed by atoms with E-state index in [1.807, 2.05) is 7.11 Å². The Labute approximate surface area is 88.4 Å². The van der Waals surface area contributed by atoms with Gasteiger partial charge >= 0.3 is 0 Å². The van der Waals surface area contributed by atoms with Crippen molar-refractivity contribution >= 4 is 0 Å². The number of nitrogens with one attached hydrogen (secondary N) is 1. The Hall–Kier alpha value is -0.0800. The highest BCUT2D eigenvalue weighted by atomic mass is 16.5. The third kappa shape index (κ3) is 2.96. The van der Waals surface area contributed by atoms with Crippen LogP contribution in [-0.4, -0.2) is 25.8 Å². The highest BCUT2D eigenvalue weighted by Crippen LogP contribution is 2.30. The summed E-state index contributed by atoms with van der Waals surface area (Å²) in [5, 5.41) is 3.60. The molecule has 0 amide bonds. The topological polar surface area (TPSA) is 21.3 Å². The second-order valence-electron chi connectivity index (χ2n) is 4.31. The molecule has 0 radical (unpaired) electrons. The quantitative estimate of drug-likeness (QED) is 0.710. The highest BCUT2D eigenvalue weighted by Gasteiger charge is 2.29. The molecule has 1 fully saturated rings. The lowest BCUT2D eigenvalue weighted by Crippen LogP contribution is -2.45. The van der Waals surface area contributed by atoms with Crippen LogP contribution in [0.1, 0.15) is 46.0 Å². The number of ether oxygens (including phenoxy) is 1. The van der Waals surface area contributed by atoms with E-state index < -0.39 is 0 Å². The summed E-state index contributed by atoms with van der Waals surface area (Å²) in [5.41, 5.74) is 0. The van der Waals surface area contributed by atoms with Crippen LogP contribution in [0.2, 0.25) is 0 Å². The third-order valence-electron chi connectivity index (χ3n) is 3.45. The Morgan fingerprint density at radius 2 is 1.93 bits per heavy atom. The molecule has 0 bridgehead atoms.